The van der Waals surface area contributed by atoms with Crippen LogP contribution in [-0.2, 0) is 14.3 Å². The average molecular weight is 158 g/mol. The molecule has 0 spiro atoms. The molecule has 0 aromatic rings. The molecule has 1 saturated heterocycles. The van der Waals surface area contributed by atoms with Gasteiger partial charge in [0.1, 0.15) is 0 Å². The summed E-state index contributed by atoms with van der Waals surface area (Å²) in [6.45, 7) is 3.88. The van der Waals surface area contributed by atoms with Gasteiger partial charge in [-0.25, -0.2) is 0 Å². The van der Waals surface area contributed by atoms with Crippen LogP contribution in [0.3, 0.4) is 0 Å². The van der Waals surface area contributed by atoms with Crippen LogP contribution in [0.5, 0.6) is 0 Å². The van der Waals surface area contributed by atoms with Crippen LogP contribution < -0.4 is 0 Å². The van der Waals surface area contributed by atoms with Crippen molar-refractivity contribution < 1.29 is 14.3 Å². The first-order valence-electron chi connectivity index (χ1n) is 3.88. The fraction of sp³-hybridized carbons (Fsp3) is 0.875. The fourth-order valence-corrected chi connectivity index (χ4v) is 1.51. The molecule has 3 atom stereocenters. The normalized spacial score (nSPS) is 37.2. The summed E-state index contributed by atoms with van der Waals surface area (Å²) in [5, 5.41) is 0. The SMILES string of the molecule is COC(=O)[C@@H]1C[C@H](C)O[C@H]1C. The minimum atomic E-state index is -0.151. The van der Waals surface area contributed by atoms with Gasteiger partial charge in [0.2, 0.25) is 0 Å². The van der Waals surface area contributed by atoms with Crippen molar-refractivity contribution >= 4 is 5.97 Å². The topological polar surface area (TPSA) is 35.5 Å². The fourth-order valence-electron chi connectivity index (χ4n) is 1.51. The molecule has 0 aromatic heterocycles. The van der Waals surface area contributed by atoms with Gasteiger partial charge >= 0.3 is 5.97 Å². The Morgan fingerprint density at radius 1 is 1.55 bits per heavy atom. The van der Waals surface area contributed by atoms with E-state index in [9.17, 15) is 4.79 Å². The maximum Gasteiger partial charge on any atom is 0.311 e. The molecule has 0 aromatic carbocycles. The van der Waals surface area contributed by atoms with Crippen LogP contribution in [0.1, 0.15) is 20.3 Å². The van der Waals surface area contributed by atoms with Crippen molar-refractivity contribution in [2.45, 2.75) is 32.5 Å². The third-order valence-electron chi connectivity index (χ3n) is 2.10. The van der Waals surface area contributed by atoms with Crippen molar-refractivity contribution in [3.63, 3.8) is 0 Å². The minimum Gasteiger partial charge on any atom is -0.469 e. The van der Waals surface area contributed by atoms with E-state index in [-0.39, 0.29) is 24.1 Å². The lowest BCUT2D eigenvalue weighted by Gasteiger charge is -2.09. The molecule has 0 N–H and O–H groups in total. The van der Waals surface area contributed by atoms with E-state index >= 15 is 0 Å². The summed E-state index contributed by atoms with van der Waals surface area (Å²) in [5.74, 6) is -0.211. The van der Waals surface area contributed by atoms with Crippen LogP contribution in [0.15, 0.2) is 0 Å². The van der Waals surface area contributed by atoms with Crippen LogP contribution in [0.4, 0.5) is 0 Å². The summed E-state index contributed by atoms with van der Waals surface area (Å²) < 4.78 is 10.0. The Morgan fingerprint density at radius 2 is 2.18 bits per heavy atom. The Hall–Kier alpha value is -0.570. The first-order valence-corrected chi connectivity index (χ1v) is 3.88. The van der Waals surface area contributed by atoms with Gasteiger partial charge in [-0.2, -0.15) is 0 Å². The lowest BCUT2D eigenvalue weighted by Crippen LogP contribution is -2.22. The van der Waals surface area contributed by atoms with Crippen molar-refractivity contribution in [1.82, 2.24) is 0 Å². The van der Waals surface area contributed by atoms with E-state index in [1.165, 1.54) is 7.11 Å². The molecule has 1 rings (SSSR count). The summed E-state index contributed by atoms with van der Waals surface area (Å²) >= 11 is 0. The van der Waals surface area contributed by atoms with Gasteiger partial charge in [0.05, 0.1) is 25.2 Å². The van der Waals surface area contributed by atoms with Crippen molar-refractivity contribution in [3.05, 3.63) is 0 Å². The minimum absolute atomic E-state index is 0.0115. The number of carbonyl (C=O) groups is 1. The third-order valence-corrected chi connectivity index (χ3v) is 2.10. The van der Waals surface area contributed by atoms with Crippen LogP contribution >= 0.6 is 0 Å². The highest BCUT2D eigenvalue weighted by Crippen LogP contribution is 2.26. The molecule has 1 heterocycles. The highest BCUT2D eigenvalue weighted by atomic mass is 16.5. The summed E-state index contributed by atoms with van der Waals surface area (Å²) in [6, 6.07) is 0. The quantitative estimate of drug-likeness (QED) is 0.533. The molecule has 0 unspecified atom stereocenters. The Kier molecular flexibility index (Phi) is 2.49. The number of carbonyl (C=O) groups excluding carboxylic acids is 1. The molecule has 0 saturated carbocycles. The van der Waals surface area contributed by atoms with E-state index < -0.39 is 0 Å². The second-order valence-corrected chi connectivity index (χ2v) is 3.02. The number of rotatable bonds is 1. The molecule has 1 aliphatic rings. The molecule has 3 heteroatoms. The number of ether oxygens (including phenoxy) is 2. The maximum atomic E-state index is 11.1. The first-order chi connectivity index (χ1) is 5.15. The van der Waals surface area contributed by atoms with Gasteiger partial charge in [-0.05, 0) is 20.3 Å². The Morgan fingerprint density at radius 3 is 2.55 bits per heavy atom. The average Bonchev–Trinajstić information content (AvgIpc) is 2.28. The van der Waals surface area contributed by atoms with Crippen molar-refractivity contribution in [1.29, 1.82) is 0 Å². The lowest BCUT2D eigenvalue weighted by atomic mass is 10.0. The molecular formula is C8H14O3. The zero-order valence-corrected chi connectivity index (χ0v) is 7.16. The van der Waals surface area contributed by atoms with Crippen LogP contribution in [-0.4, -0.2) is 25.3 Å². The van der Waals surface area contributed by atoms with Gasteiger partial charge in [0.15, 0.2) is 0 Å². The van der Waals surface area contributed by atoms with Crippen LogP contribution in [0.25, 0.3) is 0 Å². The molecule has 11 heavy (non-hydrogen) atoms. The van der Waals surface area contributed by atoms with E-state index in [1.807, 2.05) is 13.8 Å². The maximum absolute atomic E-state index is 11.1. The summed E-state index contributed by atoms with van der Waals surface area (Å²) in [4.78, 5) is 11.1. The zero-order chi connectivity index (χ0) is 8.43. The summed E-state index contributed by atoms with van der Waals surface area (Å²) in [7, 11) is 1.41. The van der Waals surface area contributed by atoms with Gasteiger partial charge in [-0.3, -0.25) is 4.79 Å². The van der Waals surface area contributed by atoms with Crippen LogP contribution in [0, 0.1) is 5.92 Å². The molecular weight excluding hydrogens is 144 g/mol. The van der Waals surface area contributed by atoms with Gasteiger partial charge < -0.3 is 9.47 Å². The van der Waals surface area contributed by atoms with E-state index in [1.54, 1.807) is 0 Å². The van der Waals surface area contributed by atoms with E-state index in [0.29, 0.717) is 0 Å². The Bertz CT molecular complexity index is 155. The molecule has 0 bridgehead atoms. The number of esters is 1. The molecule has 0 amide bonds. The number of hydrogen-bond donors (Lipinski definition) is 0. The summed E-state index contributed by atoms with van der Waals surface area (Å²) in [6.07, 6.45) is 0.986. The lowest BCUT2D eigenvalue weighted by molar-refractivity contribution is -0.146. The van der Waals surface area contributed by atoms with Gasteiger partial charge in [-0.1, -0.05) is 0 Å². The summed E-state index contributed by atoms with van der Waals surface area (Å²) in [5.41, 5.74) is 0. The Balaban J connectivity index is 2.52. The predicted molar refractivity (Wildman–Crippen MR) is 40.1 cm³/mol. The molecule has 0 radical (unpaired) electrons. The monoisotopic (exact) mass is 158 g/mol. The third kappa shape index (κ3) is 1.71. The molecule has 64 valence electrons. The van der Waals surface area contributed by atoms with Gasteiger partial charge in [-0.15, -0.1) is 0 Å². The van der Waals surface area contributed by atoms with Crippen molar-refractivity contribution in [3.8, 4) is 0 Å². The van der Waals surface area contributed by atoms with E-state index in [2.05, 4.69) is 4.74 Å². The standard InChI is InChI=1S/C8H14O3/c1-5-4-7(6(2)11-5)8(9)10-3/h5-7H,4H2,1-3H3/t5-,6-,7+/m0/s1. The smallest absolute Gasteiger partial charge is 0.311 e. The molecule has 1 fully saturated rings. The second kappa shape index (κ2) is 3.22. The number of methoxy groups -OCH3 is 1. The highest BCUT2D eigenvalue weighted by Gasteiger charge is 2.35. The molecule has 1 aliphatic heterocycles. The molecule has 0 aliphatic carbocycles. The largest absolute Gasteiger partial charge is 0.469 e. The zero-order valence-electron chi connectivity index (χ0n) is 7.16. The van der Waals surface area contributed by atoms with Crippen molar-refractivity contribution in [2.75, 3.05) is 7.11 Å². The van der Waals surface area contributed by atoms with Gasteiger partial charge in [0, 0.05) is 0 Å². The van der Waals surface area contributed by atoms with Crippen LogP contribution in [0.2, 0.25) is 0 Å². The number of hydrogen-bond acceptors (Lipinski definition) is 3. The van der Waals surface area contributed by atoms with Crippen molar-refractivity contribution in [2.24, 2.45) is 5.92 Å². The molecule has 3 nitrogen and oxygen atoms in total. The Labute approximate surface area is 66.7 Å². The predicted octanol–water partition coefficient (Wildman–Crippen LogP) is 0.973. The van der Waals surface area contributed by atoms with E-state index in [4.69, 9.17) is 4.74 Å². The first kappa shape index (κ1) is 8.53. The van der Waals surface area contributed by atoms with Gasteiger partial charge in [0.25, 0.3) is 0 Å². The second-order valence-electron chi connectivity index (χ2n) is 3.02. The highest BCUT2D eigenvalue weighted by molar-refractivity contribution is 5.73. The van der Waals surface area contributed by atoms with E-state index in [0.717, 1.165) is 6.42 Å².